The van der Waals surface area contributed by atoms with E-state index in [1.54, 1.807) is 30.3 Å². The maximum atomic E-state index is 14.5. The summed E-state index contributed by atoms with van der Waals surface area (Å²) in [5.74, 6) is -5.87. The van der Waals surface area contributed by atoms with Gasteiger partial charge in [-0.25, -0.2) is 0 Å². The number of piperazine rings is 1. The minimum atomic E-state index is -3.89. The molecule has 7 heteroatoms. The molecular weight excluding hydrogens is 306 g/mol. The number of hydrogen-bond donors (Lipinski definition) is 2. The molecule has 0 aromatic heterocycles. The SMILES string of the molecule is O=C1NCCN(C(=O)C(F)(F)C2(O)CCC2)C1c1ccccc1. The molecule has 1 aromatic rings. The van der Waals surface area contributed by atoms with Gasteiger partial charge in [-0.1, -0.05) is 30.3 Å². The van der Waals surface area contributed by atoms with Crippen LogP contribution in [0.25, 0.3) is 0 Å². The Kier molecular flexibility index (Phi) is 3.83. The second kappa shape index (κ2) is 5.56. The van der Waals surface area contributed by atoms with Crippen molar-refractivity contribution in [2.45, 2.75) is 36.8 Å². The van der Waals surface area contributed by atoms with Crippen molar-refractivity contribution in [2.24, 2.45) is 0 Å². The third-order valence-electron chi connectivity index (χ3n) is 4.62. The maximum Gasteiger partial charge on any atom is 0.352 e. The van der Waals surface area contributed by atoms with Gasteiger partial charge < -0.3 is 15.3 Å². The maximum absolute atomic E-state index is 14.5. The van der Waals surface area contributed by atoms with Gasteiger partial charge in [0.25, 0.3) is 5.91 Å². The molecule has 0 radical (unpaired) electrons. The summed E-state index contributed by atoms with van der Waals surface area (Å²) < 4.78 is 28.9. The van der Waals surface area contributed by atoms with E-state index in [1.807, 2.05) is 0 Å². The quantitative estimate of drug-likeness (QED) is 0.879. The van der Waals surface area contributed by atoms with Crippen LogP contribution in [-0.2, 0) is 9.59 Å². The normalized spacial score (nSPS) is 23.9. The molecule has 1 unspecified atom stereocenters. The molecule has 3 rings (SSSR count). The zero-order valence-electron chi connectivity index (χ0n) is 12.5. The van der Waals surface area contributed by atoms with E-state index in [4.69, 9.17) is 0 Å². The number of alkyl halides is 2. The van der Waals surface area contributed by atoms with Crippen LogP contribution >= 0.6 is 0 Å². The lowest BCUT2D eigenvalue weighted by atomic mass is 9.74. The highest BCUT2D eigenvalue weighted by Gasteiger charge is 2.63. The Bertz CT molecular complexity index is 617. The van der Waals surface area contributed by atoms with Crippen LogP contribution in [0.3, 0.4) is 0 Å². The zero-order valence-corrected chi connectivity index (χ0v) is 12.5. The number of halogens is 2. The van der Waals surface area contributed by atoms with Crippen LogP contribution < -0.4 is 5.32 Å². The van der Waals surface area contributed by atoms with Gasteiger partial charge in [-0.2, -0.15) is 8.78 Å². The highest BCUT2D eigenvalue weighted by Crippen LogP contribution is 2.46. The van der Waals surface area contributed by atoms with Crippen molar-refractivity contribution >= 4 is 11.8 Å². The largest absolute Gasteiger partial charge is 0.383 e. The number of amides is 2. The molecule has 1 aromatic carbocycles. The van der Waals surface area contributed by atoms with Gasteiger partial charge in [-0.05, 0) is 24.8 Å². The van der Waals surface area contributed by atoms with E-state index in [0.717, 1.165) is 4.90 Å². The Hall–Kier alpha value is -2.02. The highest BCUT2D eigenvalue weighted by atomic mass is 19.3. The fraction of sp³-hybridized carbons (Fsp3) is 0.500. The number of aliphatic hydroxyl groups is 1. The van der Waals surface area contributed by atoms with Crippen molar-refractivity contribution in [2.75, 3.05) is 13.1 Å². The predicted octanol–water partition coefficient (Wildman–Crippen LogP) is 1.24. The van der Waals surface area contributed by atoms with Crippen LogP contribution in [0.15, 0.2) is 30.3 Å². The van der Waals surface area contributed by atoms with Gasteiger partial charge in [-0.3, -0.25) is 9.59 Å². The molecule has 0 bridgehead atoms. The standard InChI is InChI=1S/C16H18F2N2O3/c17-16(18,15(23)7-4-8-15)14(22)20-10-9-19-13(21)12(20)11-5-2-1-3-6-11/h1-3,5-6,12,23H,4,7-10H2,(H,19,21). The van der Waals surface area contributed by atoms with Gasteiger partial charge in [0.15, 0.2) is 0 Å². The zero-order chi connectivity index (χ0) is 16.7. The molecule has 1 saturated heterocycles. The molecule has 1 heterocycles. The number of carbonyl (C=O) groups is 2. The van der Waals surface area contributed by atoms with E-state index < -0.39 is 29.4 Å². The smallest absolute Gasteiger partial charge is 0.352 e. The Morgan fingerprint density at radius 1 is 1.30 bits per heavy atom. The number of hydrogen-bond acceptors (Lipinski definition) is 3. The van der Waals surface area contributed by atoms with Crippen LogP contribution in [0.1, 0.15) is 30.9 Å². The second-order valence-electron chi connectivity index (χ2n) is 6.06. The average Bonchev–Trinajstić information content (AvgIpc) is 2.52. The lowest BCUT2D eigenvalue weighted by Gasteiger charge is -2.45. The Morgan fingerprint density at radius 2 is 1.96 bits per heavy atom. The van der Waals surface area contributed by atoms with Crippen molar-refractivity contribution < 1.29 is 23.5 Å². The van der Waals surface area contributed by atoms with Crippen LogP contribution in [0.2, 0.25) is 0 Å². The first-order valence-corrected chi connectivity index (χ1v) is 7.61. The summed E-state index contributed by atoms with van der Waals surface area (Å²) in [6.45, 7) is 0.0955. The van der Waals surface area contributed by atoms with E-state index in [-0.39, 0.29) is 25.9 Å². The topological polar surface area (TPSA) is 69.6 Å². The Balaban J connectivity index is 1.92. The second-order valence-corrected chi connectivity index (χ2v) is 6.06. The minimum Gasteiger partial charge on any atom is -0.383 e. The van der Waals surface area contributed by atoms with Crippen molar-refractivity contribution in [3.63, 3.8) is 0 Å². The molecule has 2 fully saturated rings. The summed E-state index contributed by atoms with van der Waals surface area (Å²) in [4.78, 5) is 25.5. The molecule has 0 spiro atoms. The molecule has 1 aliphatic heterocycles. The molecule has 1 aliphatic carbocycles. The Labute approximate surface area is 132 Å². The summed E-state index contributed by atoms with van der Waals surface area (Å²) in [6, 6.07) is 7.22. The van der Waals surface area contributed by atoms with Crippen molar-refractivity contribution in [1.29, 1.82) is 0 Å². The number of nitrogens with zero attached hydrogens (tertiary/aromatic N) is 1. The number of benzene rings is 1. The summed E-state index contributed by atoms with van der Waals surface area (Å²) in [5.41, 5.74) is -1.83. The monoisotopic (exact) mass is 324 g/mol. The summed E-state index contributed by atoms with van der Waals surface area (Å²) in [7, 11) is 0. The minimum absolute atomic E-state index is 0.0181. The van der Waals surface area contributed by atoms with Crippen molar-refractivity contribution in [1.82, 2.24) is 10.2 Å². The molecule has 23 heavy (non-hydrogen) atoms. The highest BCUT2D eigenvalue weighted by molar-refractivity contribution is 5.93. The molecule has 124 valence electrons. The van der Waals surface area contributed by atoms with Crippen LogP contribution in [-0.4, -0.2) is 46.4 Å². The van der Waals surface area contributed by atoms with E-state index in [0.29, 0.717) is 12.0 Å². The number of carbonyl (C=O) groups excluding carboxylic acids is 2. The first-order valence-electron chi connectivity index (χ1n) is 7.61. The third kappa shape index (κ3) is 2.49. The molecule has 1 saturated carbocycles. The van der Waals surface area contributed by atoms with E-state index in [1.165, 1.54) is 0 Å². The molecule has 2 N–H and O–H groups in total. The fourth-order valence-corrected chi connectivity index (χ4v) is 3.06. The molecular formula is C16H18F2N2O3. The van der Waals surface area contributed by atoms with Crippen LogP contribution in [0, 0.1) is 0 Å². The number of nitrogens with one attached hydrogen (secondary N) is 1. The molecule has 2 aliphatic rings. The van der Waals surface area contributed by atoms with Gasteiger partial charge in [-0.15, -0.1) is 0 Å². The van der Waals surface area contributed by atoms with Gasteiger partial charge >= 0.3 is 5.92 Å². The predicted molar refractivity (Wildman–Crippen MR) is 77.7 cm³/mol. The summed E-state index contributed by atoms with van der Waals surface area (Å²) in [6.07, 6.45) is 0.242. The first-order chi connectivity index (χ1) is 10.9. The van der Waals surface area contributed by atoms with E-state index in [2.05, 4.69) is 5.32 Å². The first kappa shape index (κ1) is 15.9. The van der Waals surface area contributed by atoms with E-state index >= 15 is 0 Å². The molecule has 1 atom stereocenters. The lowest BCUT2D eigenvalue weighted by Crippen LogP contribution is -2.64. The summed E-state index contributed by atoms with van der Waals surface area (Å²) in [5, 5.41) is 12.6. The fourth-order valence-electron chi connectivity index (χ4n) is 3.06. The van der Waals surface area contributed by atoms with Crippen molar-refractivity contribution in [3.8, 4) is 0 Å². The van der Waals surface area contributed by atoms with Gasteiger partial charge in [0.1, 0.15) is 11.6 Å². The van der Waals surface area contributed by atoms with Gasteiger partial charge in [0.2, 0.25) is 5.91 Å². The van der Waals surface area contributed by atoms with Gasteiger partial charge in [0.05, 0.1) is 0 Å². The van der Waals surface area contributed by atoms with Crippen LogP contribution in [0.5, 0.6) is 0 Å². The third-order valence-corrected chi connectivity index (χ3v) is 4.62. The molecule has 5 nitrogen and oxygen atoms in total. The summed E-state index contributed by atoms with van der Waals surface area (Å²) >= 11 is 0. The molecule has 2 amide bonds. The Morgan fingerprint density at radius 3 is 2.52 bits per heavy atom. The van der Waals surface area contributed by atoms with Crippen LogP contribution in [0.4, 0.5) is 8.78 Å². The number of rotatable bonds is 3. The van der Waals surface area contributed by atoms with E-state index in [9.17, 15) is 23.5 Å². The lowest BCUT2D eigenvalue weighted by molar-refractivity contribution is -0.225. The van der Waals surface area contributed by atoms with Crippen molar-refractivity contribution in [3.05, 3.63) is 35.9 Å². The average molecular weight is 324 g/mol. The van der Waals surface area contributed by atoms with Gasteiger partial charge in [0, 0.05) is 13.1 Å².